The summed E-state index contributed by atoms with van der Waals surface area (Å²) in [7, 11) is -4.14. The summed E-state index contributed by atoms with van der Waals surface area (Å²) in [5.41, 5.74) is 0. The van der Waals surface area contributed by atoms with Gasteiger partial charge in [0.25, 0.3) is 0 Å². The second-order valence-corrected chi connectivity index (χ2v) is 17.6. The van der Waals surface area contributed by atoms with Crippen molar-refractivity contribution in [2.75, 3.05) is 13.2 Å². The van der Waals surface area contributed by atoms with E-state index in [0.717, 1.165) is 26.1 Å². The van der Waals surface area contributed by atoms with E-state index in [1.165, 1.54) is 109 Å². The van der Waals surface area contributed by atoms with Crippen molar-refractivity contribution < 1.29 is 13.0 Å². The van der Waals surface area contributed by atoms with Crippen LogP contribution in [0.15, 0.2) is 0 Å². The largest absolute Gasteiger partial charge is 0.415 e. The van der Waals surface area contributed by atoms with Crippen LogP contribution in [-0.2, 0) is 13.0 Å². The minimum absolute atomic E-state index is 0.830. The summed E-state index contributed by atoms with van der Waals surface area (Å²) < 4.78 is 18.6. The summed E-state index contributed by atoms with van der Waals surface area (Å²) in [5.74, 6) is 0. The molecule has 0 aliphatic heterocycles. The van der Waals surface area contributed by atoms with E-state index in [9.17, 15) is 0 Å². The van der Waals surface area contributed by atoms with Crippen molar-refractivity contribution in [3.05, 3.63) is 0 Å². The van der Waals surface area contributed by atoms with Crippen LogP contribution in [-0.4, -0.2) is 30.3 Å². The van der Waals surface area contributed by atoms with Crippen molar-refractivity contribution in [1.82, 2.24) is 0 Å². The van der Waals surface area contributed by atoms with E-state index in [1.807, 2.05) is 0 Å². The zero-order valence-corrected chi connectivity index (χ0v) is 25.1. The van der Waals surface area contributed by atoms with E-state index in [1.54, 1.807) is 0 Å². The number of unbranched alkanes of at least 4 members (excludes halogenated alkanes) is 17. The van der Waals surface area contributed by atoms with Crippen LogP contribution in [0, 0.1) is 0 Å². The Balaban J connectivity index is 3.46. The fourth-order valence-electron chi connectivity index (χ4n) is 4.29. The molecule has 5 heteroatoms. The van der Waals surface area contributed by atoms with Gasteiger partial charge in [-0.1, -0.05) is 123 Å². The molecule has 0 aromatic rings. The highest BCUT2D eigenvalue weighted by Crippen LogP contribution is 2.18. The van der Waals surface area contributed by atoms with Crippen molar-refractivity contribution in [2.24, 2.45) is 0 Å². The van der Waals surface area contributed by atoms with Gasteiger partial charge < -0.3 is 13.0 Å². The van der Waals surface area contributed by atoms with Crippen LogP contribution >= 0.6 is 0 Å². The van der Waals surface area contributed by atoms with Gasteiger partial charge in [0.2, 0.25) is 0 Å². The molecule has 0 bridgehead atoms. The smallest absolute Gasteiger partial charge is 0.322 e. The average molecular weight is 489 g/mol. The Morgan fingerprint density at radius 1 is 0.375 bits per heavy atom. The highest BCUT2D eigenvalue weighted by atomic mass is 28.5. The van der Waals surface area contributed by atoms with Crippen LogP contribution in [0.3, 0.4) is 0 Å². The molecular formula is C27H60O3Si2. The lowest BCUT2D eigenvalue weighted by Crippen LogP contribution is -2.48. The molecule has 3 nitrogen and oxygen atoms in total. The highest BCUT2D eigenvalue weighted by molar-refractivity contribution is 6.78. The second-order valence-electron chi connectivity index (χ2n) is 10.6. The van der Waals surface area contributed by atoms with Gasteiger partial charge in [0.05, 0.1) is 0 Å². The number of hydrogen-bond donors (Lipinski definition) is 0. The molecule has 0 aromatic heterocycles. The van der Waals surface area contributed by atoms with Gasteiger partial charge in [0.15, 0.2) is 0 Å². The minimum Gasteiger partial charge on any atom is -0.415 e. The third-order valence-electron chi connectivity index (χ3n) is 6.14. The summed E-state index contributed by atoms with van der Waals surface area (Å²) >= 11 is 0. The number of hydrogen-bond acceptors (Lipinski definition) is 3. The van der Waals surface area contributed by atoms with Crippen LogP contribution in [0.2, 0.25) is 26.2 Å². The van der Waals surface area contributed by atoms with Crippen molar-refractivity contribution >= 4 is 17.1 Å². The van der Waals surface area contributed by atoms with Crippen molar-refractivity contribution in [2.45, 2.75) is 162 Å². The van der Waals surface area contributed by atoms with Crippen molar-refractivity contribution in [3.8, 4) is 0 Å². The van der Waals surface area contributed by atoms with Gasteiger partial charge in [-0.15, -0.1) is 0 Å². The molecule has 0 saturated heterocycles. The Morgan fingerprint density at radius 3 is 0.969 bits per heavy atom. The Kier molecular flexibility index (Phi) is 22.0. The molecule has 32 heavy (non-hydrogen) atoms. The Morgan fingerprint density at radius 2 is 0.625 bits per heavy atom. The summed E-state index contributed by atoms with van der Waals surface area (Å²) in [4.78, 5) is 0. The molecule has 0 amide bonds. The molecule has 0 rings (SSSR count). The molecule has 0 unspecified atom stereocenters. The Bertz CT molecular complexity index is 389. The lowest BCUT2D eigenvalue weighted by atomic mass is 10.0. The second kappa shape index (κ2) is 21.8. The number of rotatable bonds is 25. The van der Waals surface area contributed by atoms with Crippen molar-refractivity contribution in [1.29, 1.82) is 0 Å². The molecule has 194 valence electrons. The lowest BCUT2D eigenvalue weighted by Gasteiger charge is -2.32. The Hall–Kier alpha value is 0.314. The van der Waals surface area contributed by atoms with Gasteiger partial charge in [0.1, 0.15) is 0 Å². The molecule has 0 atom stereocenters. The lowest BCUT2D eigenvalue weighted by molar-refractivity contribution is 0.190. The van der Waals surface area contributed by atoms with Crippen LogP contribution in [0.25, 0.3) is 0 Å². The van der Waals surface area contributed by atoms with E-state index in [-0.39, 0.29) is 0 Å². The molecule has 0 saturated carbocycles. The normalized spacial score (nSPS) is 12.6. The quantitative estimate of drug-likeness (QED) is 0.0944. The predicted molar refractivity (Wildman–Crippen MR) is 147 cm³/mol. The highest BCUT2D eigenvalue weighted by Gasteiger charge is 2.36. The monoisotopic (exact) mass is 488 g/mol. The molecule has 0 N–H and O–H groups in total. The fourth-order valence-corrected chi connectivity index (χ4v) is 10.8. The molecule has 0 heterocycles. The van der Waals surface area contributed by atoms with Gasteiger partial charge in [-0.25, -0.2) is 0 Å². The zero-order valence-electron chi connectivity index (χ0n) is 23.1. The summed E-state index contributed by atoms with van der Waals surface area (Å²) in [6.07, 6.45) is 26.1. The first kappa shape index (κ1) is 32.3. The molecule has 0 fully saturated rings. The molecule has 0 spiro atoms. The van der Waals surface area contributed by atoms with Gasteiger partial charge in [0, 0.05) is 13.2 Å². The van der Waals surface area contributed by atoms with Crippen molar-refractivity contribution in [3.63, 3.8) is 0 Å². The molecule has 0 aliphatic carbocycles. The Labute approximate surface area is 205 Å². The van der Waals surface area contributed by atoms with E-state index < -0.39 is 17.1 Å². The molecular weight excluding hydrogens is 428 g/mol. The summed E-state index contributed by atoms with van der Waals surface area (Å²) in [6.45, 7) is 14.9. The van der Waals surface area contributed by atoms with Crippen LogP contribution in [0.5, 0.6) is 0 Å². The third-order valence-corrected chi connectivity index (χ3v) is 11.9. The standard InChI is InChI=1S/C27H60O3Si2/c1-7-9-11-12-13-14-15-16-17-18-19-20-21-22-23-25-27-29-32(5,6)30-31(3,4)28-26-24-10-8-2/h7-27H2,1-6H3. The SMILES string of the molecule is CCCCCCCCCCCCCCCCCCO[Si](C)(C)O[Si](C)(C)OCCCCC. The first-order valence-corrected chi connectivity index (χ1v) is 19.9. The summed E-state index contributed by atoms with van der Waals surface area (Å²) in [6, 6.07) is 0. The molecule has 0 aromatic carbocycles. The van der Waals surface area contributed by atoms with Crippen LogP contribution < -0.4 is 0 Å². The van der Waals surface area contributed by atoms with Crippen LogP contribution in [0.1, 0.15) is 136 Å². The van der Waals surface area contributed by atoms with Gasteiger partial charge >= 0.3 is 17.1 Å². The van der Waals surface area contributed by atoms with Crippen LogP contribution in [0.4, 0.5) is 0 Å². The fraction of sp³-hybridized carbons (Fsp3) is 1.00. The topological polar surface area (TPSA) is 27.7 Å². The maximum absolute atomic E-state index is 6.37. The van der Waals surface area contributed by atoms with E-state index >= 15 is 0 Å². The molecule has 0 aliphatic rings. The molecule has 0 radical (unpaired) electrons. The van der Waals surface area contributed by atoms with Gasteiger partial charge in [-0.3, -0.25) is 0 Å². The predicted octanol–water partition coefficient (Wildman–Crippen LogP) is 9.89. The zero-order chi connectivity index (χ0) is 24.0. The first-order valence-electron chi connectivity index (χ1n) is 14.3. The minimum atomic E-state index is -2.08. The summed E-state index contributed by atoms with van der Waals surface area (Å²) in [5, 5.41) is 0. The third kappa shape index (κ3) is 23.5. The maximum atomic E-state index is 6.37. The van der Waals surface area contributed by atoms with Gasteiger partial charge in [-0.05, 0) is 39.0 Å². The van der Waals surface area contributed by atoms with E-state index in [2.05, 4.69) is 40.0 Å². The maximum Gasteiger partial charge on any atom is 0.322 e. The first-order chi connectivity index (χ1) is 15.3. The van der Waals surface area contributed by atoms with Gasteiger partial charge in [-0.2, -0.15) is 0 Å². The van der Waals surface area contributed by atoms with E-state index in [4.69, 9.17) is 13.0 Å². The van der Waals surface area contributed by atoms with E-state index in [0.29, 0.717) is 0 Å². The average Bonchev–Trinajstić information content (AvgIpc) is 2.72.